The Kier molecular flexibility index (Phi) is 3.43. The Morgan fingerprint density at radius 1 is 1.43 bits per heavy atom. The number of rotatable bonds is 4. The first-order valence-electron chi connectivity index (χ1n) is 7.57. The highest BCUT2D eigenvalue weighted by atomic mass is 16.2. The molecular formula is C16H21N3O2. The van der Waals surface area contributed by atoms with Crippen LogP contribution in [0.5, 0.6) is 0 Å². The number of carbonyl (C=O) groups is 2. The van der Waals surface area contributed by atoms with Crippen LogP contribution >= 0.6 is 0 Å². The fraction of sp³-hybridized carbons (Fsp3) is 0.562. The average Bonchev–Trinajstić information content (AvgIpc) is 3.30. The Morgan fingerprint density at radius 2 is 2.19 bits per heavy atom. The Balaban J connectivity index is 1.91. The van der Waals surface area contributed by atoms with Gasteiger partial charge in [0.1, 0.15) is 11.6 Å². The molecule has 0 spiro atoms. The van der Waals surface area contributed by atoms with E-state index in [0.29, 0.717) is 18.9 Å². The maximum Gasteiger partial charge on any atom is 0.249 e. The molecule has 1 aliphatic carbocycles. The third-order valence-corrected chi connectivity index (χ3v) is 4.59. The molecule has 1 aromatic rings. The second-order valence-electron chi connectivity index (χ2n) is 6.25. The zero-order valence-corrected chi connectivity index (χ0v) is 12.5. The number of piperazine rings is 1. The lowest BCUT2D eigenvalue weighted by Crippen LogP contribution is -2.69. The molecule has 3 rings (SSSR count). The van der Waals surface area contributed by atoms with Crippen LogP contribution in [-0.4, -0.2) is 33.3 Å². The first-order valence-corrected chi connectivity index (χ1v) is 7.57. The monoisotopic (exact) mass is 287 g/mol. The predicted octanol–water partition coefficient (Wildman–Crippen LogP) is 1.49. The molecule has 21 heavy (non-hydrogen) atoms. The minimum Gasteiger partial charge on any atom is -0.340 e. The number of carbonyl (C=O) groups excluding carboxylic acids is 2. The molecule has 5 heteroatoms. The Morgan fingerprint density at radius 3 is 2.76 bits per heavy atom. The van der Waals surface area contributed by atoms with Gasteiger partial charge in [0.05, 0.1) is 0 Å². The predicted molar refractivity (Wildman–Crippen MR) is 78.1 cm³/mol. The number of nitrogens with zero attached hydrogens (tertiary/aromatic N) is 2. The molecule has 0 aromatic carbocycles. The van der Waals surface area contributed by atoms with Crippen molar-refractivity contribution in [2.24, 2.45) is 5.92 Å². The van der Waals surface area contributed by atoms with Crippen molar-refractivity contribution >= 4 is 11.8 Å². The Hall–Kier alpha value is -1.91. The summed E-state index contributed by atoms with van der Waals surface area (Å²) >= 11 is 0. The van der Waals surface area contributed by atoms with E-state index in [-0.39, 0.29) is 17.9 Å². The summed E-state index contributed by atoms with van der Waals surface area (Å²) in [4.78, 5) is 31.2. The molecule has 2 amide bonds. The topological polar surface area (TPSA) is 62.3 Å². The van der Waals surface area contributed by atoms with Crippen molar-refractivity contribution in [1.29, 1.82) is 0 Å². The van der Waals surface area contributed by atoms with Crippen LogP contribution in [0.1, 0.15) is 38.7 Å². The van der Waals surface area contributed by atoms with Crippen molar-refractivity contribution in [3.8, 4) is 0 Å². The molecule has 1 saturated carbocycles. The van der Waals surface area contributed by atoms with E-state index < -0.39 is 5.54 Å². The SMILES string of the molecule is CCC1(C)NC(=O)C(C2CC2)N(Cc2cccnc2)C1=O. The summed E-state index contributed by atoms with van der Waals surface area (Å²) in [6.07, 6.45) is 6.11. The van der Waals surface area contributed by atoms with E-state index >= 15 is 0 Å². The van der Waals surface area contributed by atoms with Crippen molar-refractivity contribution in [1.82, 2.24) is 15.2 Å². The number of hydrogen-bond donors (Lipinski definition) is 1. The molecule has 112 valence electrons. The molecule has 0 bridgehead atoms. The largest absolute Gasteiger partial charge is 0.340 e. The molecule has 1 aromatic heterocycles. The Labute approximate surface area is 124 Å². The van der Waals surface area contributed by atoms with E-state index in [0.717, 1.165) is 18.4 Å². The molecule has 0 radical (unpaired) electrons. The van der Waals surface area contributed by atoms with Gasteiger partial charge in [-0.2, -0.15) is 0 Å². The van der Waals surface area contributed by atoms with E-state index in [1.165, 1.54) is 0 Å². The molecular weight excluding hydrogens is 266 g/mol. The number of aromatic nitrogens is 1. The third kappa shape index (κ3) is 2.52. The standard InChI is InChI=1S/C16H21N3O2/c1-3-16(2)15(21)19(10-11-5-4-8-17-9-11)13(12-6-7-12)14(20)18-16/h4-5,8-9,12-13H,3,6-7,10H2,1-2H3,(H,18,20). The fourth-order valence-corrected chi connectivity index (χ4v) is 2.96. The van der Waals surface area contributed by atoms with Gasteiger partial charge in [0.2, 0.25) is 11.8 Å². The van der Waals surface area contributed by atoms with Gasteiger partial charge >= 0.3 is 0 Å². The van der Waals surface area contributed by atoms with Crippen LogP contribution in [0.25, 0.3) is 0 Å². The molecule has 5 nitrogen and oxygen atoms in total. The van der Waals surface area contributed by atoms with Crippen LogP contribution in [-0.2, 0) is 16.1 Å². The minimum atomic E-state index is -0.787. The van der Waals surface area contributed by atoms with Gasteiger partial charge in [-0.05, 0) is 43.7 Å². The second-order valence-corrected chi connectivity index (χ2v) is 6.25. The van der Waals surface area contributed by atoms with Gasteiger partial charge in [-0.15, -0.1) is 0 Å². The number of amides is 2. The van der Waals surface area contributed by atoms with Crippen molar-refractivity contribution in [2.75, 3.05) is 0 Å². The summed E-state index contributed by atoms with van der Waals surface area (Å²) in [5.41, 5.74) is 0.176. The highest BCUT2D eigenvalue weighted by Crippen LogP contribution is 2.39. The summed E-state index contributed by atoms with van der Waals surface area (Å²) in [7, 11) is 0. The van der Waals surface area contributed by atoms with E-state index in [1.807, 2.05) is 26.0 Å². The molecule has 1 aliphatic heterocycles. The van der Waals surface area contributed by atoms with E-state index in [1.54, 1.807) is 17.3 Å². The second kappa shape index (κ2) is 5.13. The van der Waals surface area contributed by atoms with Crippen LogP contribution in [0.4, 0.5) is 0 Å². The maximum atomic E-state index is 12.9. The van der Waals surface area contributed by atoms with Gasteiger partial charge in [0.15, 0.2) is 0 Å². The van der Waals surface area contributed by atoms with Gasteiger partial charge in [0, 0.05) is 18.9 Å². The first kappa shape index (κ1) is 14.0. The number of nitrogens with one attached hydrogen (secondary N) is 1. The first-order chi connectivity index (χ1) is 10.0. The van der Waals surface area contributed by atoms with Gasteiger partial charge in [0.25, 0.3) is 0 Å². The normalized spacial score (nSPS) is 29.4. The highest BCUT2D eigenvalue weighted by Gasteiger charge is 2.51. The molecule has 2 heterocycles. The summed E-state index contributed by atoms with van der Waals surface area (Å²) in [6, 6.07) is 3.48. The lowest BCUT2D eigenvalue weighted by Gasteiger charge is -2.44. The van der Waals surface area contributed by atoms with E-state index in [4.69, 9.17) is 0 Å². The average molecular weight is 287 g/mol. The molecule has 1 N–H and O–H groups in total. The minimum absolute atomic E-state index is 0.00894. The van der Waals surface area contributed by atoms with Crippen LogP contribution in [0.2, 0.25) is 0 Å². The number of pyridine rings is 1. The molecule has 2 atom stereocenters. The maximum absolute atomic E-state index is 12.9. The summed E-state index contributed by atoms with van der Waals surface area (Å²) in [5.74, 6) is 0.322. The van der Waals surface area contributed by atoms with E-state index in [2.05, 4.69) is 10.3 Å². The molecule has 1 saturated heterocycles. The van der Waals surface area contributed by atoms with Gasteiger partial charge in [-0.25, -0.2) is 0 Å². The van der Waals surface area contributed by atoms with Crippen LogP contribution < -0.4 is 5.32 Å². The van der Waals surface area contributed by atoms with Crippen LogP contribution in [0.15, 0.2) is 24.5 Å². The zero-order chi connectivity index (χ0) is 15.0. The van der Waals surface area contributed by atoms with Crippen LogP contribution in [0.3, 0.4) is 0 Å². The molecule has 2 unspecified atom stereocenters. The highest BCUT2D eigenvalue weighted by molar-refractivity contribution is 5.99. The Bertz CT molecular complexity index is 556. The van der Waals surface area contributed by atoms with Crippen molar-refractivity contribution in [3.63, 3.8) is 0 Å². The lowest BCUT2D eigenvalue weighted by atomic mass is 9.90. The third-order valence-electron chi connectivity index (χ3n) is 4.59. The van der Waals surface area contributed by atoms with Crippen molar-refractivity contribution in [2.45, 2.75) is 51.2 Å². The lowest BCUT2D eigenvalue weighted by molar-refractivity contribution is -0.156. The summed E-state index contributed by atoms with van der Waals surface area (Å²) < 4.78 is 0. The van der Waals surface area contributed by atoms with E-state index in [9.17, 15) is 9.59 Å². The quantitative estimate of drug-likeness (QED) is 0.912. The van der Waals surface area contributed by atoms with Crippen LogP contribution in [0, 0.1) is 5.92 Å². The summed E-state index contributed by atoms with van der Waals surface area (Å²) in [5, 5.41) is 2.93. The molecule has 2 fully saturated rings. The van der Waals surface area contributed by atoms with Crippen molar-refractivity contribution < 1.29 is 9.59 Å². The summed E-state index contributed by atoms with van der Waals surface area (Å²) in [6.45, 7) is 4.20. The zero-order valence-electron chi connectivity index (χ0n) is 12.5. The van der Waals surface area contributed by atoms with Gasteiger partial charge in [-0.3, -0.25) is 14.6 Å². The van der Waals surface area contributed by atoms with Gasteiger partial charge < -0.3 is 10.2 Å². The van der Waals surface area contributed by atoms with Crippen molar-refractivity contribution in [3.05, 3.63) is 30.1 Å². The fourth-order valence-electron chi connectivity index (χ4n) is 2.96. The smallest absolute Gasteiger partial charge is 0.249 e. The van der Waals surface area contributed by atoms with Gasteiger partial charge in [-0.1, -0.05) is 13.0 Å². The molecule has 2 aliphatic rings. The number of hydrogen-bond acceptors (Lipinski definition) is 3.